The van der Waals surface area contributed by atoms with Gasteiger partial charge in [-0.2, -0.15) is 4.31 Å². The first-order valence-electron chi connectivity index (χ1n) is 7.44. The summed E-state index contributed by atoms with van der Waals surface area (Å²) in [6.07, 6.45) is 0.730. The third-order valence-electron chi connectivity index (χ3n) is 4.00. The molecule has 2 aliphatic heterocycles. The molecule has 0 saturated carbocycles. The van der Waals surface area contributed by atoms with Crippen LogP contribution < -0.4 is 5.32 Å². The van der Waals surface area contributed by atoms with Crippen molar-refractivity contribution in [2.24, 2.45) is 0 Å². The molecule has 2 atom stereocenters. The van der Waals surface area contributed by atoms with Gasteiger partial charge in [-0.3, -0.25) is 4.79 Å². The first-order valence-corrected chi connectivity index (χ1v) is 8.88. The molecule has 1 fully saturated rings. The molecule has 6 nitrogen and oxygen atoms in total. The summed E-state index contributed by atoms with van der Waals surface area (Å²) in [4.78, 5) is 11.7. The van der Waals surface area contributed by atoms with Crippen molar-refractivity contribution < 1.29 is 17.9 Å². The lowest BCUT2D eigenvalue weighted by Crippen LogP contribution is -2.48. The second kappa shape index (κ2) is 5.64. The van der Waals surface area contributed by atoms with Crippen LogP contribution in [0.2, 0.25) is 0 Å². The molecule has 1 N–H and O–H groups in total. The summed E-state index contributed by atoms with van der Waals surface area (Å²) >= 11 is 0. The van der Waals surface area contributed by atoms with Crippen LogP contribution in [0.25, 0.3) is 0 Å². The van der Waals surface area contributed by atoms with Crippen molar-refractivity contribution in [1.29, 1.82) is 0 Å². The number of morpholine rings is 1. The molecule has 3 rings (SSSR count). The van der Waals surface area contributed by atoms with Crippen molar-refractivity contribution in [2.45, 2.75) is 43.8 Å². The van der Waals surface area contributed by atoms with E-state index in [0.29, 0.717) is 31.6 Å². The standard InChI is InChI=1S/C15H20N2O4S/c1-10-8-17(9-11(2)21-10)22(19,20)13-4-5-14-12(7-13)3-6-15(18)16-14/h4-5,7,10-11H,3,6,8-9H2,1-2H3,(H,16,18)/t10-,11-/m1/s1. The van der Waals surface area contributed by atoms with Gasteiger partial charge < -0.3 is 10.1 Å². The van der Waals surface area contributed by atoms with Gasteiger partial charge in [0.1, 0.15) is 0 Å². The lowest BCUT2D eigenvalue weighted by molar-refractivity contribution is -0.116. The molecule has 0 aliphatic carbocycles. The van der Waals surface area contributed by atoms with Gasteiger partial charge in [-0.1, -0.05) is 0 Å². The minimum atomic E-state index is -3.53. The fraction of sp³-hybridized carbons (Fsp3) is 0.533. The predicted octanol–water partition coefficient (Wildman–Crippen LogP) is 1.37. The average Bonchev–Trinajstić information content (AvgIpc) is 2.45. The van der Waals surface area contributed by atoms with Gasteiger partial charge in [0, 0.05) is 25.2 Å². The minimum Gasteiger partial charge on any atom is -0.373 e. The number of hydrogen-bond donors (Lipinski definition) is 1. The molecule has 2 aliphatic rings. The van der Waals surface area contributed by atoms with Crippen LogP contribution in [0.3, 0.4) is 0 Å². The van der Waals surface area contributed by atoms with Crippen LogP contribution in [-0.2, 0) is 26.0 Å². The van der Waals surface area contributed by atoms with E-state index in [2.05, 4.69) is 5.32 Å². The van der Waals surface area contributed by atoms with Gasteiger partial charge in [-0.05, 0) is 44.0 Å². The Labute approximate surface area is 130 Å². The summed E-state index contributed by atoms with van der Waals surface area (Å²) in [5.41, 5.74) is 1.58. The zero-order valence-electron chi connectivity index (χ0n) is 12.7. The molecule has 22 heavy (non-hydrogen) atoms. The number of sulfonamides is 1. The van der Waals surface area contributed by atoms with Crippen LogP contribution in [0.4, 0.5) is 5.69 Å². The maximum absolute atomic E-state index is 12.8. The second-order valence-electron chi connectivity index (χ2n) is 5.95. The second-order valence-corrected chi connectivity index (χ2v) is 7.88. The van der Waals surface area contributed by atoms with Gasteiger partial charge >= 0.3 is 0 Å². The number of carbonyl (C=O) groups excluding carboxylic acids is 1. The monoisotopic (exact) mass is 324 g/mol. The molecular formula is C15H20N2O4S. The Hall–Kier alpha value is -1.44. The maximum Gasteiger partial charge on any atom is 0.243 e. The number of fused-ring (bicyclic) bond motifs is 1. The van der Waals surface area contributed by atoms with E-state index >= 15 is 0 Å². The highest BCUT2D eigenvalue weighted by Gasteiger charge is 2.32. The van der Waals surface area contributed by atoms with Gasteiger partial charge in [-0.15, -0.1) is 0 Å². The molecule has 0 spiro atoms. The largest absolute Gasteiger partial charge is 0.373 e. The number of nitrogens with zero attached hydrogens (tertiary/aromatic N) is 1. The predicted molar refractivity (Wildman–Crippen MR) is 82.2 cm³/mol. The van der Waals surface area contributed by atoms with Crippen molar-refractivity contribution in [3.63, 3.8) is 0 Å². The van der Waals surface area contributed by atoms with Crippen LogP contribution >= 0.6 is 0 Å². The first-order chi connectivity index (χ1) is 10.4. The molecule has 1 amide bonds. The van der Waals surface area contributed by atoms with E-state index < -0.39 is 10.0 Å². The fourth-order valence-electron chi connectivity index (χ4n) is 3.00. The Morgan fingerprint density at radius 2 is 1.86 bits per heavy atom. The van der Waals surface area contributed by atoms with E-state index in [1.807, 2.05) is 13.8 Å². The lowest BCUT2D eigenvalue weighted by atomic mass is 10.0. The van der Waals surface area contributed by atoms with Gasteiger partial charge in [0.2, 0.25) is 15.9 Å². The molecule has 1 aromatic carbocycles. The van der Waals surface area contributed by atoms with Crippen molar-refractivity contribution in [2.75, 3.05) is 18.4 Å². The lowest BCUT2D eigenvalue weighted by Gasteiger charge is -2.34. The molecule has 1 aromatic rings. The number of benzene rings is 1. The zero-order chi connectivity index (χ0) is 15.9. The number of amides is 1. The number of hydrogen-bond acceptors (Lipinski definition) is 4. The molecular weight excluding hydrogens is 304 g/mol. The highest BCUT2D eigenvalue weighted by molar-refractivity contribution is 7.89. The van der Waals surface area contributed by atoms with E-state index in [4.69, 9.17) is 4.74 Å². The van der Waals surface area contributed by atoms with Crippen LogP contribution in [0.5, 0.6) is 0 Å². The molecule has 2 heterocycles. The summed E-state index contributed by atoms with van der Waals surface area (Å²) in [6, 6.07) is 4.91. The van der Waals surface area contributed by atoms with Crippen molar-refractivity contribution >= 4 is 21.6 Å². The van der Waals surface area contributed by atoms with Crippen molar-refractivity contribution in [3.05, 3.63) is 23.8 Å². The number of anilines is 1. The average molecular weight is 324 g/mol. The Kier molecular flexibility index (Phi) is 3.96. The highest BCUT2D eigenvalue weighted by Crippen LogP contribution is 2.28. The van der Waals surface area contributed by atoms with E-state index in [0.717, 1.165) is 5.56 Å². The Morgan fingerprint density at radius 1 is 1.18 bits per heavy atom. The van der Waals surface area contributed by atoms with E-state index in [-0.39, 0.29) is 23.0 Å². The maximum atomic E-state index is 12.8. The van der Waals surface area contributed by atoms with Crippen LogP contribution in [0.15, 0.2) is 23.1 Å². The Bertz CT molecular complexity index is 691. The number of ether oxygens (including phenoxy) is 1. The molecule has 7 heteroatoms. The summed E-state index contributed by atoms with van der Waals surface area (Å²) in [6.45, 7) is 4.47. The quantitative estimate of drug-likeness (QED) is 0.891. The summed E-state index contributed by atoms with van der Waals surface area (Å²) in [7, 11) is -3.53. The van der Waals surface area contributed by atoms with Crippen LogP contribution in [-0.4, -0.2) is 43.9 Å². The van der Waals surface area contributed by atoms with Gasteiger partial charge in [0.05, 0.1) is 17.1 Å². The number of carbonyl (C=O) groups is 1. The topological polar surface area (TPSA) is 75.7 Å². The molecule has 1 saturated heterocycles. The summed E-state index contributed by atoms with van der Waals surface area (Å²) in [5, 5.41) is 2.76. The van der Waals surface area contributed by atoms with Gasteiger partial charge in [-0.25, -0.2) is 8.42 Å². The zero-order valence-corrected chi connectivity index (χ0v) is 13.5. The van der Waals surface area contributed by atoms with E-state index in [1.165, 1.54) is 4.31 Å². The molecule has 120 valence electrons. The number of aryl methyl sites for hydroxylation is 1. The van der Waals surface area contributed by atoms with E-state index in [9.17, 15) is 13.2 Å². The summed E-state index contributed by atoms with van der Waals surface area (Å²) < 4.78 is 32.7. The van der Waals surface area contributed by atoms with Gasteiger partial charge in [0.25, 0.3) is 0 Å². The third-order valence-corrected chi connectivity index (χ3v) is 5.82. The fourth-order valence-corrected chi connectivity index (χ4v) is 4.64. The Morgan fingerprint density at radius 3 is 2.55 bits per heavy atom. The van der Waals surface area contributed by atoms with E-state index in [1.54, 1.807) is 18.2 Å². The first kappa shape index (κ1) is 15.5. The summed E-state index contributed by atoms with van der Waals surface area (Å²) in [5.74, 6) is -0.0288. The number of nitrogens with one attached hydrogen (secondary N) is 1. The van der Waals surface area contributed by atoms with Gasteiger partial charge in [0.15, 0.2) is 0 Å². The van der Waals surface area contributed by atoms with Crippen molar-refractivity contribution in [1.82, 2.24) is 4.31 Å². The Balaban J connectivity index is 1.91. The highest BCUT2D eigenvalue weighted by atomic mass is 32.2. The van der Waals surface area contributed by atoms with Crippen molar-refractivity contribution in [3.8, 4) is 0 Å². The SMILES string of the molecule is C[C@@H]1CN(S(=O)(=O)c2ccc3c(c2)CCC(=O)N3)C[C@@H](C)O1. The third kappa shape index (κ3) is 2.88. The van der Waals surface area contributed by atoms with Crippen LogP contribution in [0.1, 0.15) is 25.8 Å². The molecule has 0 aromatic heterocycles. The molecule has 0 radical (unpaired) electrons. The number of rotatable bonds is 2. The normalized spacial score (nSPS) is 26.4. The molecule has 0 unspecified atom stereocenters. The smallest absolute Gasteiger partial charge is 0.243 e. The molecule has 0 bridgehead atoms. The minimum absolute atomic E-state index is 0.0288. The van der Waals surface area contributed by atoms with Crippen LogP contribution in [0, 0.1) is 0 Å².